The van der Waals surface area contributed by atoms with Gasteiger partial charge in [0.2, 0.25) is 5.91 Å². The maximum Gasteiger partial charge on any atom is 0.287 e. The quantitative estimate of drug-likeness (QED) is 0.628. The van der Waals surface area contributed by atoms with E-state index in [1.165, 1.54) is 18.7 Å². The molecule has 0 aromatic carbocycles. The van der Waals surface area contributed by atoms with Gasteiger partial charge in [-0.25, -0.2) is 4.98 Å². The first-order valence-electron chi connectivity index (χ1n) is 7.79. The topological polar surface area (TPSA) is 79.6 Å². The standard InChI is InChI=1S/C15H20N4O3/c20-15(12-3-1-4-12)18-8-2-7-17(9-10-18)14-6-5-13(11-16-14)19(21)22/h5-6,11-12H,1-4,7-10H2. The minimum absolute atomic E-state index is 0.000333. The van der Waals surface area contributed by atoms with E-state index in [0.29, 0.717) is 12.5 Å². The largest absolute Gasteiger partial charge is 0.355 e. The molecule has 1 amide bonds. The van der Waals surface area contributed by atoms with Crippen molar-refractivity contribution in [2.75, 3.05) is 31.1 Å². The smallest absolute Gasteiger partial charge is 0.287 e. The summed E-state index contributed by atoms with van der Waals surface area (Å²) in [7, 11) is 0. The van der Waals surface area contributed by atoms with Crippen LogP contribution >= 0.6 is 0 Å². The van der Waals surface area contributed by atoms with Crippen LogP contribution in [-0.4, -0.2) is 46.9 Å². The number of nitrogens with zero attached hydrogens (tertiary/aromatic N) is 4. The molecule has 0 bridgehead atoms. The summed E-state index contributed by atoms with van der Waals surface area (Å²) in [5.74, 6) is 1.28. The predicted molar refractivity (Wildman–Crippen MR) is 81.6 cm³/mol. The molecule has 0 N–H and O–H groups in total. The molecular formula is C15H20N4O3. The van der Waals surface area contributed by atoms with Crippen molar-refractivity contribution in [2.45, 2.75) is 25.7 Å². The summed E-state index contributed by atoms with van der Waals surface area (Å²) < 4.78 is 0. The molecule has 7 heteroatoms. The van der Waals surface area contributed by atoms with Gasteiger partial charge in [-0.1, -0.05) is 6.42 Å². The van der Waals surface area contributed by atoms with E-state index >= 15 is 0 Å². The zero-order valence-electron chi connectivity index (χ0n) is 12.5. The van der Waals surface area contributed by atoms with Crippen molar-refractivity contribution < 1.29 is 9.72 Å². The first kappa shape index (κ1) is 14.7. The van der Waals surface area contributed by atoms with Crippen molar-refractivity contribution in [3.63, 3.8) is 0 Å². The molecule has 1 aliphatic carbocycles. The summed E-state index contributed by atoms with van der Waals surface area (Å²) in [5, 5.41) is 10.7. The molecule has 2 heterocycles. The van der Waals surface area contributed by atoms with Gasteiger partial charge in [0.15, 0.2) is 0 Å². The first-order chi connectivity index (χ1) is 10.6. The summed E-state index contributed by atoms with van der Waals surface area (Å²) in [5.41, 5.74) is 0.000333. The lowest BCUT2D eigenvalue weighted by Gasteiger charge is -2.31. The maximum atomic E-state index is 12.3. The Kier molecular flexibility index (Phi) is 4.22. The Morgan fingerprint density at radius 2 is 2.00 bits per heavy atom. The van der Waals surface area contributed by atoms with E-state index in [1.54, 1.807) is 6.07 Å². The molecular weight excluding hydrogens is 284 g/mol. The summed E-state index contributed by atoms with van der Waals surface area (Å²) >= 11 is 0. The van der Waals surface area contributed by atoms with Gasteiger partial charge < -0.3 is 9.80 Å². The zero-order chi connectivity index (χ0) is 15.5. The molecule has 1 saturated heterocycles. The van der Waals surface area contributed by atoms with Crippen molar-refractivity contribution in [2.24, 2.45) is 5.92 Å². The fraction of sp³-hybridized carbons (Fsp3) is 0.600. The second-order valence-electron chi connectivity index (χ2n) is 5.93. The average molecular weight is 304 g/mol. The van der Waals surface area contributed by atoms with Crippen LogP contribution in [0.15, 0.2) is 18.3 Å². The van der Waals surface area contributed by atoms with E-state index in [2.05, 4.69) is 9.88 Å². The van der Waals surface area contributed by atoms with Gasteiger partial charge in [-0.3, -0.25) is 14.9 Å². The highest BCUT2D eigenvalue weighted by molar-refractivity contribution is 5.79. The van der Waals surface area contributed by atoms with Gasteiger partial charge in [-0.05, 0) is 25.3 Å². The SMILES string of the molecule is O=C(C1CCC1)N1CCCN(c2ccc([N+](=O)[O-])cn2)CC1. The lowest BCUT2D eigenvalue weighted by Crippen LogP contribution is -2.41. The highest BCUT2D eigenvalue weighted by atomic mass is 16.6. The van der Waals surface area contributed by atoms with Crippen molar-refractivity contribution in [1.29, 1.82) is 0 Å². The lowest BCUT2D eigenvalue weighted by atomic mass is 9.84. The van der Waals surface area contributed by atoms with Crippen LogP contribution in [0.5, 0.6) is 0 Å². The van der Waals surface area contributed by atoms with Crippen molar-refractivity contribution >= 4 is 17.4 Å². The molecule has 0 atom stereocenters. The second kappa shape index (κ2) is 6.29. The van der Waals surface area contributed by atoms with E-state index in [1.807, 2.05) is 4.90 Å². The molecule has 0 unspecified atom stereocenters. The number of hydrogen-bond donors (Lipinski definition) is 0. The number of hydrogen-bond acceptors (Lipinski definition) is 5. The van der Waals surface area contributed by atoms with Gasteiger partial charge in [0, 0.05) is 38.2 Å². The Bertz CT molecular complexity index is 556. The molecule has 3 rings (SSSR count). The Morgan fingerprint density at radius 3 is 2.59 bits per heavy atom. The molecule has 7 nitrogen and oxygen atoms in total. The monoisotopic (exact) mass is 304 g/mol. The summed E-state index contributed by atoms with van der Waals surface area (Å²) in [6.45, 7) is 3.04. The van der Waals surface area contributed by atoms with Crippen molar-refractivity contribution in [3.8, 4) is 0 Å². The van der Waals surface area contributed by atoms with Gasteiger partial charge in [0.05, 0.1) is 4.92 Å². The fourth-order valence-electron chi connectivity index (χ4n) is 2.95. The molecule has 2 fully saturated rings. The normalized spacial score (nSPS) is 19.5. The minimum Gasteiger partial charge on any atom is -0.355 e. The van der Waals surface area contributed by atoms with Gasteiger partial charge in [-0.15, -0.1) is 0 Å². The minimum atomic E-state index is -0.446. The number of aromatic nitrogens is 1. The molecule has 2 aliphatic rings. The molecule has 1 aromatic rings. The van der Waals surface area contributed by atoms with Crippen LogP contribution in [0.25, 0.3) is 0 Å². The maximum absolute atomic E-state index is 12.3. The number of anilines is 1. The Balaban J connectivity index is 1.62. The zero-order valence-corrected chi connectivity index (χ0v) is 12.5. The number of pyridine rings is 1. The fourth-order valence-corrected chi connectivity index (χ4v) is 2.95. The third-order valence-corrected chi connectivity index (χ3v) is 4.53. The molecule has 118 valence electrons. The number of carbonyl (C=O) groups excluding carboxylic acids is 1. The van der Waals surface area contributed by atoms with Crippen LogP contribution in [0, 0.1) is 16.0 Å². The van der Waals surface area contributed by atoms with Gasteiger partial charge in [0.1, 0.15) is 12.0 Å². The van der Waals surface area contributed by atoms with Gasteiger partial charge in [-0.2, -0.15) is 0 Å². The van der Waals surface area contributed by atoms with Crippen LogP contribution in [0.3, 0.4) is 0 Å². The lowest BCUT2D eigenvalue weighted by molar-refractivity contribution is -0.385. The van der Waals surface area contributed by atoms with E-state index < -0.39 is 4.92 Å². The number of carbonyl (C=O) groups is 1. The molecule has 0 spiro atoms. The Labute approximate surface area is 129 Å². The number of nitro groups is 1. The van der Waals surface area contributed by atoms with Crippen molar-refractivity contribution in [1.82, 2.24) is 9.88 Å². The average Bonchev–Trinajstić information content (AvgIpc) is 2.71. The van der Waals surface area contributed by atoms with E-state index in [9.17, 15) is 14.9 Å². The van der Waals surface area contributed by atoms with E-state index in [0.717, 1.165) is 44.7 Å². The Morgan fingerprint density at radius 1 is 1.18 bits per heavy atom. The van der Waals surface area contributed by atoms with Crippen molar-refractivity contribution in [3.05, 3.63) is 28.4 Å². The highest BCUT2D eigenvalue weighted by Crippen LogP contribution is 2.28. The first-order valence-corrected chi connectivity index (χ1v) is 7.79. The molecule has 1 saturated carbocycles. The van der Waals surface area contributed by atoms with Crippen LogP contribution in [0.2, 0.25) is 0 Å². The molecule has 22 heavy (non-hydrogen) atoms. The predicted octanol–water partition coefficient (Wildman–Crippen LogP) is 1.83. The summed E-state index contributed by atoms with van der Waals surface area (Å²) in [4.78, 5) is 30.8. The molecule has 1 aliphatic heterocycles. The van der Waals surface area contributed by atoms with Crippen LogP contribution in [-0.2, 0) is 4.79 Å². The number of rotatable bonds is 3. The number of amides is 1. The molecule has 0 radical (unpaired) electrons. The third-order valence-electron chi connectivity index (χ3n) is 4.53. The van der Waals surface area contributed by atoms with Crippen LogP contribution < -0.4 is 4.90 Å². The van der Waals surface area contributed by atoms with E-state index in [4.69, 9.17) is 0 Å². The van der Waals surface area contributed by atoms with Gasteiger partial charge in [0.25, 0.3) is 5.69 Å². The highest BCUT2D eigenvalue weighted by Gasteiger charge is 2.30. The molecule has 1 aromatic heterocycles. The van der Waals surface area contributed by atoms with Crippen LogP contribution in [0.4, 0.5) is 11.5 Å². The van der Waals surface area contributed by atoms with Gasteiger partial charge >= 0.3 is 0 Å². The Hall–Kier alpha value is -2.18. The van der Waals surface area contributed by atoms with E-state index in [-0.39, 0.29) is 11.6 Å². The second-order valence-corrected chi connectivity index (χ2v) is 5.93. The van der Waals surface area contributed by atoms with Crippen LogP contribution in [0.1, 0.15) is 25.7 Å². The third kappa shape index (κ3) is 3.03. The summed E-state index contributed by atoms with van der Waals surface area (Å²) in [6.07, 6.45) is 5.42. The summed E-state index contributed by atoms with van der Waals surface area (Å²) in [6, 6.07) is 3.16.